The molecule has 0 aliphatic heterocycles. The van der Waals surface area contributed by atoms with E-state index in [0.717, 1.165) is 11.4 Å². The Morgan fingerprint density at radius 3 is 2.84 bits per heavy atom. The van der Waals surface area contributed by atoms with Crippen molar-refractivity contribution in [1.29, 1.82) is 0 Å². The van der Waals surface area contributed by atoms with Gasteiger partial charge in [-0.2, -0.15) is 0 Å². The molecule has 0 aliphatic rings. The highest BCUT2D eigenvalue weighted by Gasteiger charge is 2.12. The van der Waals surface area contributed by atoms with Crippen LogP contribution in [0.1, 0.15) is 21.7 Å². The molecule has 6 nitrogen and oxygen atoms in total. The molecule has 0 fully saturated rings. The average molecular weight is 355 g/mol. The number of anilines is 1. The molecule has 0 bridgehead atoms. The van der Waals surface area contributed by atoms with Crippen molar-refractivity contribution >= 4 is 23.1 Å². The average Bonchev–Trinajstić information content (AvgIpc) is 3.13. The molecule has 7 heteroatoms. The number of hydrogen-bond donors (Lipinski definition) is 1. The first kappa shape index (κ1) is 16.9. The summed E-state index contributed by atoms with van der Waals surface area (Å²) in [6.45, 7) is 2.21. The molecule has 128 valence electrons. The molecule has 1 aromatic carbocycles. The SMILES string of the molecule is COc1cc(C(=O)Nc2cccc(C)n2)ccc1OCc1cscn1. The maximum Gasteiger partial charge on any atom is 0.256 e. The predicted octanol–water partition coefficient (Wildman–Crippen LogP) is 3.69. The van der Waals surface area contributed by atoms with E-state index in [2.05, 4.69) is 15.3 Å². The van der Waals surface area contributed by atoms with Crippen LogP contribution in [0.15, 0.2) is 47.3 Å². The maximum atomic E-state index is 12.4. The Labute approximate surface area is 149 Å². The number of carbonyl (C=O) groups is 1. The topological polar surface area (TPSA) is 73.3 Å². The zero-order chi connectivity index (χ0) is 17.6. The molecular formula is C18H17N3O3S. The summed E-state index contributed by atoms with van der Waals surface area (Å²) in [5.74, 6) is 1.29. The molecule has 0 saturated carbocycles. The Bertz CT molecular complexity index is 866. The van der Waals surface area contributed by atoms with Crippen LogP contribution >= 0.6 is 11.3 Å². The lowest BCUT2D eigenvalue weighted by Crippen LogP contribution is -2.13. The van der Waals surface area contributed by atoms with Crippen LogP contribution in [-0.2, 0) is 6.61 Å². The molecular weight excluding hydrogens is 338 g/mol. The summed E-state index contributed by atoms with van der Waals surface area (Å²) in [5.41, 5.74) is 3.89. The van der Waals surface area contributed by atoms with Crippen molar-refractivity contribution in [2.75, 3.05) is 12.4 Å². The molecule has 1 N–H and O–H groups in total. The van der Waals surface area contributed by atoms with Crippen molar-refractivity contribution in [3.63, 3.8) is 0 Å². The standard InChI is InChI=1S/C18H17N3O3S/c1-12-4-3-5-17(20-12)21-18(22)13-6-7-15(16(8-13)23-2)24-9-14-10-25-11-19-14/h3-8,10-11H,9H2,1-2H3,(H,20,21,22). The smallest absolute Gasteiger partial charge is 0.256 e. The number of pyridine rings is 1. The van der Waals surface area contributed by atoms with Gasteiger partial charge in [-0.25, -0.2) is 9.97 Å². The van der Waals surface area contributed by atoms with Gasteiger partial charge in [0.15, 0.2) is 11.5 Å². The Hall–Kier alpha value is -2.93. The number of carbonyl (C=O) groups excluding carboxylic acids is 1. The van der Waals surface area contributed by atoms with Crippen LogP contribution in [0.4, 0.5) is 5.82 Å². The minimum absolute atomic E-state index is 0.262. The van der Waals surface area contributed by atoms with Crippen molar-refractivity contribution < 1.29 is 14.3 Å². The summed E-state index contributed by atoms with van der Waals surface area (Å²) in [4.78, 5) is 20.8. The normalized spacial score (nSPS) is 10.3. The minimum atomic E-state index is -0.262. The van der Waals surface area contributed by atoms with Gasteiger partial charge < -0.3 is 14.8 Å². The Morgan fingerprint density at radius 1 is 1.24 bits per heavy atom. The lowest BCUT2D eigenvalue weighted by Gasteiger charge is -2.11. The summed E-state index contributed by atoms with van der Waals surface area (Å²) < 4.78 is 11.1. The van der Waals surface area contributed by atoms with E-state index in [1.54, 1.807) is 29.8 Å². The van der Waals surface area contributed by atoms with E-state index in [9.17, 15) is 4.79 Å². The molecule has 0 spiro atoms. The predicted molar refractivity (Wildman–Crippen MR) is 96.4 cm³/mol. The molecule has 3 aromatic rings. The number of hydrogen-bond acceptors (Lipinski definition) is 6. The highest BCUT2D eigenvalue weighted by Crippen LogP contribution is 2.29. The van der Waals surface area contributed by atoms with Crippen molar-refractivity contribution in [1.82, 2.24) is 9.97 Å². The molecule has 0 saturated heterocycles. The number of aromatic nitrogens is 2. The molecule has 0 unspecified atom stereocenters. The lowest BCUT2D eigenvalue weighted by molar-refractivity contribution is 0.102. The zero-order valence-corrected chi connectivity index (χ0v) is 14.7. The number of amides is 1. The van der Waals surface area contributed by atoms with Gasteiger partial charge in [0.1, 0.15) is 12.4 Å². The van der Waals surface area contributed by atoms with Crippen LogP contribution in [-0.4, -0.2) is 23.0 Å². The molecule has 2 aromatic heterocycles. The summed E-state index contributed by atoms with van der Waals surface area (Å²) >= 11 is 1.51. The molecule has 25 heavy (non-hydrogen) atoms. The number of nitrogens with zero attached hydrogens (tertiary/aromatic N) is 2. The second kappa shape index (κ2) is 7.76. The molecule has 0 aliphatic carbocycles. The van der Waals surface area contributed by atoms with Gasteiger partial charge in [-0.1, -0.05) is 6.07 Å². The Morgan fingerprint density at radius 2 is 2.12 bits per heavy atom. The first-order chi connectivity index (χ1) is 12.2. The number of methoxy groups -OCH3 is 1. The van der Waals surface area contributed by atoms with Crippen LogP contribution in [0.2, 0.25) is 0 Å². The third-order valence-electron chi connectivity index (χ3n) is 3.41. The van der Waals surface area contributed by atoms with E-state index in [1.165, 1.54) is 18.4 Å². The summed E-state index contributed by atoms with van der Waals surface area (Å²) in [6, 6.07) is 10.5. The number of thiazole rings is 1. The first-order valence-electron chi connectivity index (χ1n) is 7.58. The maximum absolute atomic E-state index is 12.4. The zero-order valence-electron chi connectivity index (χ0n) is 13.9. The molecule has 0 atom stereocenters. The van der Waals surface area contributed by atoms with Crippen molar-refractivity contribution in [3.8, 4) is 11.5 Å². The van der Waals surface area contributed by atoms with E-state index in [1.807, 2.05) is 24.4 Å². The molecule has 2 heterocycles. The second-order valence-electron chi connectivity index (χ2n) is 5.25. The third-order valence-corrected chi connectivity index (χ3v) is 4.05. The number of rotatable bonds is 6. The van der Waals surface area contributed by atoms with Gasteiger partial charge in [-0.3, -0.25) is 4.79 Å². The summed E-state index contributed by atoms with van der Waals surface area (Å²) in [7, 11) is 1.54. The van der Waals surface area contributed by atoms with Crippen LogP contribution in [0.5, 0.6) is 11.5 Å². The number of ether oxygens (including phenoxy) is 2. The number of nitrogens with one attached hydrogen (secondary N) is 1. The highest BCUT2D eigenvalue weighted by molar-refractivity contribution is 7.07. The quantitative estimate of drug-likeness (QED) is 0.730. The number of benzene rings is 1. The van der Waals surface area contributed by atoms with E-state index < -0.39 is 0 Å². The number of aryl methyl sites for hydroxylation is 1. The molecule has 1 amide bonds. The lowest BCUT2D eigenvalue weighted by atomic mass is 10.2. The van der Waals surface area contributed by atoms with Crippen LogP contribution in [0.3, 0.4) is 0 Å². The van der Waals surface area contributed by atoms with E-state index in [4.69, 9.17) is 9.47 Å². The monoisotopic (exact) mass is 355 g/mol. The fourth-order valence-corrected chi connectivity index (χ4v) is 2.73. The van der Waals surface area contributed by atoms with Gasteiger partial charge in [0, 0.05) is 16.6 Å². The van der Waals surface area contributed by atoms with Crippen molar-refractivity contribution in [2.45, 2.75) is 13.5 Å². The summed E-state index contributed by atoms with van der Waals surface area (Å²) in [6.07, 6.45) is 0. The van der Waals surface area contributed by atoms with Gasteiger partial charge in [0.2, 0.25) is 0 Å². The third kappa shape index (κ3) is 4.33. The van der Waals surface area contributed by atoms with E-state index in [-0.39, 0.29) is 5.91 Å². The second-order valence-corrected chi connectivity index (χ2v) is 5.97. The highest BCUT2D eigenvalue weighted by atomic mass is 32.1. The van der Waals surface area contributed by atoms with Gasteiger partial charge in [0.25, 0.3) is 5.91 Å². The van der Waals surface area contributed by atoms with Gasteiger partial charge in [-0.05, 0) is 37.3 Å². The van der Waals surface area contributed by atoms with Crippen LogP contribution < -0.4 is 14.8 Å². The fourth-order valence-electron chi connectivity index (χ4n) is 2.19. The van der Waals surface area contributed by atoms with Crippen LogP contribution in [0.25, 0.3) is 0 Å². The Kier molecular flexibility index (Phi) is 5.25. The van der Waals surface area contributed by atoms with Crippen molar-refractivity contribution in [2.24, 2.45) is 0 Å². The Balaban J connectivity index is 1.72. The van der Waals surface area contributed by atoms with Gasteiger partial charge >= 0.3 is 0 Å². The summed E-state index contributed by atoms with van der Waals surface area (Å²) in [5, 5.41) is 4.69. The van der Waals surface area contributed by atoms with E-state index >= 15 is 0 Å². The van der Waals surface area contributed by atoms with Gasteiger partial charge in [-0.15, -0.1) is 11.3 Å². The molecule has 3 rings (SSSR count). The first-order valence-corrected chi connectivity index (χ1v) is 8.53. The minimum Gasteiger partial charge on any atom is -0.493 e. The molecule has 0 radical (unpaired) electrons. The van der Waals surface area contributed by atoms with E-state index in [0.29, 0.717) is 29.5 Å². The van der Waals surface area contributed by atoms with Gasteiger partial charge in [0.05, 0.1) is 18.3 Å². The van der Waals surface area contributed by atoms with Crippen LogP contribution in [0, 0.1) is 6.92 Å². The van der Waals surface area contributed by atoms with Crippen molar-refractivity contribution in [3.05, 3.63) is 64.2 Å². The fraction of sp³-hybridized carbons (Fsp3) is 0.167. The largest absolute Gasteiger partial charge is 0.493 e.